The molecule has 0 atom stereocenters. The van der Waals surface area contributed by atoms with Crippen LogP contribution in [0.25, 0.3) is 0 Å². The lowest BCUT2D eigenvalue weighted by molar-refractivity contribution is 0.0944. The van der Waals surface area contributed by atoms with Crippen molar-refractivity contribution in [3.63, 3.8) is 0 Å². The van der Waals surface area contributed by atoms with Crippen molar-refractivity contribution in [3.8, 4) is 0 Å². The van der Waals surface area contributed by atoms with Crippen LogP contribution in [0.1, 0.15) is 19.4 Å². The Morgan fingerprint density at radius 2 is 1.94 bits per heavy atom. The van der Waals surface area contributed by atoms with Crippen molar-refractivity contribution in [1.29, 1.82) is 0 Å². The number of anilines is 2. The minimum Gasteiger partial charge on any atom is -0.397 e. The number of aliphatic hydroxyl groups is 1. The highest BCUT2D eigenvalue weighted by atomic mass is 19.2. The molecule has 0 aliphatic rings. The summed E-state index contributed by atoms with van der Waals surface area (Å²) in [5.74, 6) is -1.94. The molecule has 4 N–H and O–H groups in total. The lowest BCUT2D eigenvalue weighted by atomic mass is 10.1. The number of benzene rings is 1. The van der Waals surface area contributed by atoms with Gasteiger partial charge in [-0.2, -0.15) is 0 Å². The summed E-state index contributed by atoms with van der Waals surface area (Å²) in [7, 11) is 0. The van der Waals surface area contributed by atoms with E-state index in [-0.39, 0.29) is 23.5 Å². The molecule has 0 heterocycles. The molecule has 5 heteroatoms. The molecule has 1 aromatic carbocycles. The standard InChI is InChI=1S/C11H16F2N2O/c1-6-4-7(14)10(9(13)8(6)12)15-5-11(2,3)16/h4,15-16H,5,14H2,1-3H3. The predicted molar refractivity (Wildman–Crippen MR) is 60.3 cm³/mol. The quantitative estimate of drug-likeness (QED) is 0.696. The van der Waals surface area contributed by atoms with Crippen LogP contribution in [0.5, 0.6) is 0 Å². The first kappa shape index (κ1) is 12.7. The number of nitrogen functional groups attached to an aromatic ring is 1. The van der Waals surface area contributed by atoms with Gasteiger partial charge in [0.05, 0.1) is 17.0 Å². The third-order valence-corrected chi connectivity index (χ3v) is 2.12. The van der Waals surface area contributed by atoms with Crippen LogP contribution in [0.4, 0.5) is 20.2 Å². The zero-order valence-electron chi connectivity index (χ0n) is 9.56. The normalized spacial score (nSPS) is 11.6. The van der Waals surface area contributed by atoms with E-state index in [0.717, 1.165) is 0 Å². The average molecular weight is 230 g/mol. The van der Waals surface area contributed by atoms with E-state index in [2.05, 4.69) is 5.32 Å². The molecule has 1 aromatic rings. The summed E-state index contributed by atoms with van der Waals surface area (Å²) in [6.45, 7) is 4.63. The number of aryl methyl sites for hydroxylation is 1. The van der Waals surface area contributed by atoms with Crippen molar-refractivity contribution >= 4 is 11.4 Å². The summed E-state index contributed by atoms with van der Waals surface area (Å²) in [4.78, 5) is 0. The van der Waals surface area contributed by atoms with Crippen molar-refractivity contribution in [2.75, 3.05) is 17.6 Å². The van der Waals surface area contributed by atoms with Crippen LogP contribution in [-0.2, 0) is 0 Å². The van der Waals surface area contributed by atoms with Crippen LogP contribution in [0, 0.1) is 18.6 Å². The summed E-state index contributed by atoms with van der Waals surface area (Å²) in [6.07, 6.45) is 0. The maximum atomic E-state index is 13.5. The Morgan fingerprint density at radius 3 is 2.44 bits per heavy atom. The minimum absolute atomic E-state index is 0.0800. The molecule has 0 aromatic heterocycles. The van der Waals surface area contributed by atoms with Crippen molar-refractivity contribution in [3.05, 3.63) is 23.3 Å². The molecule has 90 valence electrons. The SMILES string of the molecule is Cc1cc(N)c(NCC(C)(C)O)c(F)c1F. The zero-order chi connectivity index (χ0) is 12.5. The highest BCUT2D eigenvalue weighted by molar-refractivity contribution is 5.68. The van der Waals surface area contributed by atoms with Crippen molar-refractivity contribution in [1.82, 2.24) is 0 Å². The van der Waals surface area contributed by atoms with Gasteiger partial charge in [0.15, 0.2) is 11.6 Å². The fourth-order valence-corrected chi connectivity index (χ4v) is 1.26. The van der Waals surface area contributed by atoms with E-state index in [9.17, 15) is 13.9 Å². The summed E-state index contributed by atoms with van der Waals surface area (Å²) < 4.78 is 26.8. The van der Waals surface area contributed by atoms with E-state index in [1.807, 2.05) is 0 Å². The largest absolute Gasteiger partial charge is 0.397 e. The first-order valence-corrected chi connectivity index (χ1v) is 4.92. The number of nitrogens with one attached hydrogen (secondary N) is 1. The highest BCUT2D eigenvalue weighted by Gasteiger charge is 2.18. The number of hydrogen-bond acceptors (Lipinski definition) is 3. The van der Waals surface area contributed by atoms with Gasteiger partial charge in [-0.25, -0.2) is 8.78 Å². The van der Waals surface area contributed by atoms with E-state index >= 15 is 0 Å². The molecule has 0 aliphatic carbocycles. The minimum atomic E-state index is -1.03. The molecule has 0 bridgehead atoms. The topological polar surface area (TPSA) is 58.3 Å². The second-order valence-electron chi connectivity index (χ2n) is 4.45. The van der Waals surface area contributed by atoms with Gasteiger partial charge in [-0.3, -0.25) is 0 Å². The molecular weight excluding hydrogens is 214 g/mol. The van der Waals surface area contributed by atoms with Gasteiger partial charge in [0.2, 0.25) is 0 Å². The predicted octanol–water partition coefficient (Wildman–Crippen LogP) is 2.04. The third kappa shape index (κ3) is 2.82. The molecule has 0 saturated carbocycles. The maximum absolute atomic E-state index is 13.5. The second kappa shape index (κ2) is 4.25. The summed E-state index contributed by atoms with van der Waals surface area (Å²) >= 11 is 0. The lowest BCUT2D eigenvalue weighted by Crippen LogP contribution is -2.30. The lowest BCUT2D eigenvalue weighted by Gasteiger charge is -2.20. The van der Waals surface area contributed by atoms with Crippen LogP contribution in [0.15, 0.2) is 6.07 Å². The van der Waals surface area contributed by atoms with Gasteiger partial charge in [-0.15, -0.1) is 0 Å². The van der Waals surface area contributed by atoms with Gasteiger partial charge >= 0.3 is 0 Å². The van der Waals surface area contributed by atoms with Crippen LogP contribution in [-0.4, -0.2) is 17.3 Å². The van der Waals surface area contributed by atoms with E-state index in [1.165, 1.54) is 13.0 Å². The van der Waals surface area contributed by atoms with Gasteiger partial charge in [0, 0.05) is 6.54 Å². The van der Waals surface area contributed by atoms with Crippen LogP contribution in [0.2, 0.25) is 0 Å². The molecule has 3 nitrogen and oxygen atoms in total. The molecule has 16 heavy (non-hydrogen) atoms. The van der Waals surface area contributed by atoms with E-state index < -0.39 is 17.2 Å². The Kier molecular flexibility index (Phi) is 3.38. The smallest absolute Gasteiger partial charge is 0.184 e. The summed E-state index contributed by atoms with van der Waals surface area (Å²) in [6, 6.07) is 1.35. The first-order valence-electron chi connectivity index (χ1n) is 4.92. The monoisotopic (exact) mass is 230 g/mol. The van der Waals surface area contributed by atoms with Gasteiger partial charge in [0.1, 0.15) is 0 Å². The highest BCUT2D eigenvalue weighted by Crippen LogP contribution is 2.27. The van der Waals surface area contributed by atoms with Crippen molar-refractivity contribution in [2.24, 2.45) is 0 Å². The molecule has 0 amide bonds. The average Bonchev–Trinajstić information content (AvgIpc) is 2.12. The van der Waals surface area contributed by atoms with Crippen LogP contribution >= 0.6 is 0 Å². The zero-order valence-corrected chi connectivity index (χ0v) is 9.56. The number of hydrogen-bond donors (Lipinski definition) is 3. The number of rotatable bonds is 3. The molecule has 0 spiro atoms. The van der Waals surface area contributed by atoms with Gasteiger partial charge < -0.3 is 16.2 Å². The maximum Gasteiger partial charge on any atom is 0.184 e. The third-order valence-electron chi connectivity index (χ3n) is 2.12. The van der Waals surface area contributed by atoms with Gasteiger partial charge in [-0.05, 0) is 32.4 Å². The van der Waals surface area contributed by atoms with Crippen LogP contribution in [0.3, 0.4) is 0 Å². The molecule has 0 saturated heterocycles. The summed E-state index contributed by atoms with van der Waals surface area (Å²) in [5.41, 5.74) is 4.72. The Bertz CT molecular complexity index is 400. The fraction of sp³-hybridized carbons (Fsp3) is 0.455. The molecule has 1 rings (SSSR count). The van der Waals surface area contributed by atoms with E-state index in [4.69, 9.17) is 5.73 Å². The molecule has 0 unspecified atom stereocenters. The fourth-order valence-electron chi connectivity index (χ4n) is 1.26. The van der Waals surface area contributed by atoms with E-state index in [1.54, 1.807) is 13.8 Å². The molecule has 0 fully saturated rings. The number of nitrogens with two attached hydrogens (primary N) is 1. The Balaban J connectivity index is 3.01. The van der Waals surface area contributed by atoms with Gasteiger partial charge in [0.25, 0.3) is 0 Å². The molecule has 0 radical (unpaired) electrons. The Hall–Kier alpha value is -1.36. The second-order valence-corrected chi connectivity index (χ2v) is 4.45. The Morgan fingerprint density at radius 1 is 1.38 bits per heavy atom. The van der Waals surface area contributed by atoms with Crippen molar-refractivity contribution in [2.45, 2.75) is 26.4 Å². The molecule has 0 aliphatic heterocycles. The van der Waals surface area contributed by atoms with E-state index in [0.29, 0.717) is 0 Å². The van der Waals surface area contributed by atoms with Crippen molar-refractivity contribution < 1.29 is 13.9 Å². The first-order chi connectivity index (χ1) is 7.22. The van der Waals surface area contributed by atoms with Crippen LogP contribution < -0.4 is 11.1 Å². The Labute approximate surface area is 93.3 Å². The molecular formula is C11H16F2N2O. The number of halogens is 2. The summed E-state index contributed by atoms with van der Waals surface area (Å²) in [5, 5.41) is 12.1. The van der Waals surface area contributed by atoms with Gasteiger partial charge in [-0.1, -0.05) is 0 Å².